The van der Waals surface area contributed by atoms with Gasteiger partial charge in [0.05, 0.1) is 5.92 Å². The van der Waals surface area contributed by atoms with E-state index in [1.165, 1.54) is 0 Å². The number of halogens is 3. The van der Waals surface area contributed by atoms with Crippen molar-refractivity contribution in [3.8, 4) is 0 Å². The molecule has 1 heterocycles. The van der Waals surface area contributed by atoms with Crippen LogP contribution in [0.15, 0.2) is 0 Å². The molecule has 1 fully saturated rings. The zero-order chi connectivity index (χ0) is 12.9. The van der Waals surface area contributed by atoms with Crippen LogP contribution >= 0.6 is 0 Å². The first-order chi connectivity index (χ1) is 7.89. The summed E-state index contributed by atoms with van der Waals surface area (Å²) < 4.78 is 37.6. The van der Waals surface area contributed by atoms with Gasteiger partial charge >= 0.3 is 6.18 Å². The number of carbonyl (C=O) groups excluding carboxylic acids is 1. The van der Waals surface area contributed by atoms with Gasteiger partial charge < -0.3 is 9.69 Å². The fraction of sp³-hybridized carbons (Fsp3) is 0.917. The van der Waals surface area contributed by atoms with E-state index in [1.807, 2.05) is 4.90 Å². The largest absolute Gasteiger partial charge is 0.393 e. The van der Waals surface area contributed by atoms with Crippen LogP contribution in [0.25, 0.3) is 0 Å². The van der Waals surface area contributed by atoms with Gasteiger partial charge in [0.15, 0.2) is 0 Å². The van der Waals surface area contributed by atoms with Gasteiger partial charge in [-0.2, -0.15) is 13.2 Å². The first-order valence-electron chi connectivity index (χ1n) is 6.18. The van der Waals surface area contributed by atoms with Crippen molar-refractivity contribution < 1.29 is 18.0 Å². The van der Waals surface area contributed by atoms with E-state index in [4.69, 9.17) is 0 Å². The van der Waals surface area contributed by atoms with Crippen LogP contribution in [-0.2, 0) is 4.79 Å². The summed E-state index contributed by atoms with van der Waals surface area (Å²) >= 11 is 0. The van der Waals surface area contributed by atoms with E-state index in [1.54, 1.807) is 6.92 Å². The number of alkyl halides is 3. The maximum absolute atomic E-state index is 12.5. The van der Waals surface area contributed by atoms with E-state index in [-0.39, 0.29) is 18.7 Å². The van der Waals surface area contributed by atoms with Gasteiger partial charge in [0.1, 0.15) is 5.78 Å². The Balaban J connectivity index is 2.23. The molecule has 1 atom stereocenters. The Morgan fingerprint density at radius 2 is 2.06 bits per heavy atom. The number of nitrogens with zero attached hydrogens (tertiary/aromatic N) is 1. The number of carbonyl (C=O) groups is 1. The molecule has 100 valence electrons. The number of hydrogen-bond donors (Lipinski definition) is 0. The van der Waals surface area contributed by atoms with Gasteiger partial charge in [0, 0.05) is 13.0 Å². The Kier molecular flexibility index (Phi) is 5.43. The van der Waals surface area contributed by atoms with Gasteiger partial charge in [-0.3, -0.25) is 0 Å². The molecule has 1 rings (SSSR count). The lowest BCUT2D eigenvalue weighted by Crippen LogP contribution is -2.42. The first kappa shape index (κ1) is 14.5. The van der Waals surface area contributed by atoms with Gasteiger partial charge in [-0.15, -0.1) is 0 Å². The number of likely N-dealkylation sites (tertiary alicyclic amines) is 1. The minimum atomic E-state index is -4.06. The normalized spacial score (nSPS) is 22.7. The number of unbranched alkanes of at least 4 members (excludes halogenated alkanes) is 1. The van der Waals surface area contributed by atoms with Crippen LogP contribution in [0.2, 0.25) is 0 Å². The Morgan fingerprint density at radius 3 is 2.65 bits per heavy atom. The summed E-state index contributed by atoms with van der Waals surface area (Å²) in [6, 6.07) is 0. The quantitative estimate of drug-likeness (QED) is 0.700. The predicted octanol–water partition coefficient (Wildman–Crippen LogP) is 3.02. The first-order valence-corrected chi connectivity index (χ1v) is 6.18. The molecule has 0 N–H and O–H groups in total. The molecular weight excluding hydrogens is 231 g/mol. The molecule has 0 saturated carbocycles. The van der Waals surface area contributed by atoms with Crippen LogP contribution in [0.3, 0.4) is 0 Å². The van der Waals surface area contributed by atoms with Crippen molar-refractivity contribution in [2.45, 2.75) is 45.2 Å². The highest BCUT2D eigenvalue weighted by Crippen LogP contribution is 2.33. The molecule has 0 aromatic heterocycles. The molecule has 1 saturated heterocycles. The van der Waals surface area contributed by atoms with Gasteiger partial charge in [0.2, 0.25) is 0 Å². The van der Waals surface area contributed by atoms with E-state index in [0.29, 0.717) is 19.4 Å². The molecule has 17 heavy (non-hydrogen) atoms. The monoisotopic (exact) mass is 251 g/mol. The fourth-order valence-corrected chi connectivity index (χ4v) is 2.24. The highest BCUT2D eigenvalue weighted by molar-refractivity contribution is 5.75. The maximum atomic E-state index is 12.5. The van der Waals surface area contributed by atoms with Crippen molar-refractivity contribution in [3.63, 3.8) is 0 Å². The number of Topliss-reactive ketones (excluding diaryl/α,β-unsaturated/α-hetero) is 1. The summed E-state index contributed by atoms with van der Waals surface area (Å²) in [4.78, 5) is 12.6. The smallest absolute Gasteiger partial charge is 0.303 e. The lowest BCUT2D eigenvalue weighted by Gasteiger charge is -2.33. The van der Waals surface area contributed by atoms with Gasteiger partial charge in [-0.05, 0) is 45.7 Å². The molecule has 1 unspecified atom stereocenters. The van der Waals surface area contributed by atoms with Crippen LogP contribution in [0.1, 0.15) is 39.0 Å². The predicted molar refractivity (Wildman–Crippen MR) is 59.8 cm³/mol. The molecule has 2 nitrogen and oxygen atoms in total. The Hall–Kier alpha value is -0.580. The molecule has 0 spiro atoms. The highest BCUT2D eigenvalue weighted by Gasteiger charge is 2.41. The van der Waals surface area contributed by atoms with E-state index in [9.17, 15) is 18.0 Å². The van der Waals surface area contributed by atoms with E-state index < -0.39 is 12.1 Å². The molecular formula is C12H20F3NO. The third-order valence-electron chi connectivity index (χ3n) is 3.22. The SMILES string of the molecule is CC(=O)CCCCN1CCCC(C(F)(F)F)C1. The number of hydrogen-bond acceptors (Lipinski definition) is 2. The molecule has 0 bridgehead atoms. The van der Waals surface area contributed by atoms with E-state index >= 15 is 0 Å². The molecule has 0 aromatic rings. The average Bonchev–Trinajstić information content (AvgIpc) is 2.23. The molecule has 1 aliphatic heterocycles. The van der Waals surface area contributed by atoms with E-state index in [2.05, 4.69) is 0 Å². The minimum absolute atomic E-state index is 0.129. The second-order valence-corrected chi connectivity index (χ2v) is 4.84. The molecule has 0 amide bonds. The second-order valence-electron chi connectivity index (χ2n) is 4.84. The summed E-state index contributed by atoms with van der Waals surface area (Å²) in [6.07, 6.45) is -1.05. The number of rotatable bonds is 5. The zero-order valence-corrected chi connectivity index (χ0v) is 10.2. The van der Waals surface area contributed by atoms with Crippen molar-refractivity contribution in [3.05, 3.63) is 0 Å². The number of piperidine rings is 1. The van der Waals surface area contributed by atoms with Crippen molar-refractivity contribution >= 4 is 5.78 Å². The van der Waals surface area contributed by atoms with Crippen LogP contribution in [0, 0.1) is 5.92 Å². The van der Waals surface area contributed by atoms with Crippen molar-refractivity contribution in [2.75, 3.05) is 19.6 Å². The fourth-order valence-electron chi connectivity index (χ4n) is 2.24. The number of ketones is 1. The topological polar surface area (TPSA) is 20.3 Å². The summed E-state index contributed by atoms with van der Waals surface area (Å²) in [5, 5.41) is 0. The van der Waals surface area contributed by atoms with Crippen LogP contribution in [0.5, 0.6) is 0 Å². The standard InChI is InChI=1S/C12H20F3NO/c1-10(17)5-2-3-7-16-8-4-6-11(9-16)12(13,14)15/h11H,2-9H2,1H3. The molecule has 5 heteroatoms. The second kappa shape index (κ2) is 6.38. The lowest BCUT2D eigenvalue weighted by atomic mass is 9.97. The van der Waals surface area contributed by atoms with Gasteiger partial charge in [-0.1, -0.05) is 0 Å². The zero-order valence-electron chi connectivity index (χ0n) is 10.2. The minimum Gasteiger partial charge on any atom is -0.303 e. The van der Waals surface area contributed by atoms with Crippen molar-refractivity contribution in [2.24, 2.45) is 5.92 Å². The molecule has 0 aromatic carbocycles. The Morgan fingerprint density at radius 1 is 1.35 bits per heavy atom. The third kappa shape index (κ3) is 5.52. The summed E-state index contributed by atoms with van der Waals surface area (Å²) in [6.45, 7) is 3.11. The Bertz CT molecular complexity index is 253. The van der Waals surface area contributed by atoms with Crippen molar-refractivity contribution in [1.29, 1.82) is 0 Å². The summed E-state index contributed by atoms with van der Waals surface area (Å²) in [5.74, 6) is -1.01. The molecule has 0 aliphatic carbocycles. The maximum Gasteiger partial charge on any atom is 0.393 e. The Labute approximate surface area is 100 Å². The van der Waals surface area contributed by atoms with Crippen LogP contribution in [-0.4, -0.2) is 36.5 Å². The third-order valence-corrected chi connectivity index (χ3v) is 3.22. The summed E-state index contributed by atoms with van der Waals surface area (Å²) in [7, 11) is 0. The van der Waals surface area contributed by atoms with Crippen LogP contribution in [0.4, 0.5) is 13.2 Å². The summed E-state index contributed by atoms with van der Waals surface area (Å²) in [5.41, 5.74) is 0. The molecule has 1 aliphatic rings. The highest BCUT2D eigenvalue weighted by atomic mass is 19.4. The lowest BCUT2D eigenvalue weighted by molar-refractivity contribution is -0.186. The average molecular weight is 251 g/mol. The van der Waals surface area contributed by atoms with Gasteiger partial charge in [-0.25, -0.2) is 0 Å². The van der Waals surface area contributed by atoms with Crippen LogP contribution < -0.4 is 0 Å². The molecule has 0 radical (unpaired) electrons. The van der Waals surface area contributed by atoms with Gasteiger partial charge in [0.25, 0.3) is 0 Å². The van der Waals surface area contributed by atoms with E-state index in [0.717, 1.165) is 19.4 Å². The van der Waals surface area contributed by atoms with Crippen molar-refractivity contribution in [1.82, 2.24) is 4.90 Å².